The highest BCUT2D eigenvalue weighted by molar-refractivity contribution is 7.92. The normalized spacial score (nSPS) is 20.1. The maximum atomic E-state index is 13.3. The van der Waals surface area contributed by atoms with E-state index in [4.69, 9.17) is 4.74 Å². The van der Waals surface area contributed by atoms with Crippen molar-refractivity contribution in [2.24, 2.45) is 0 Å². The number of hydrogen-bond acceptors (Lipinski definition) is 8. The number of nitrogens with zero attached hydrogens (tertiary/aromatic N) is 4. The van der Waals surface area contributed by atoms with E-state index in [9.17, 15) is 18.3 Å². The number of amides is 2. The number of ether oxygens (including phenoxy) is 1. The van der Waals surface area contributed by atoms with Gasteiger partial charge in [-0.3, -0.25) is 14.0 Å². The minimum absolute atomic E-state index is 0.0965. The summed E-state index contributed by atoms with van der Waals surface area (Å²) >= 11 is 0. The van der Waals surface area contributed by atoms with Crippen molar-refractivity contribution in [3.8, 4) is 5.75 Å². The molecule has 2 aliphatic rings. The summed E-state index contributed by atoms with van der Waals surface area (Å²) in [5.74, 6) is 1.55. The van der Waals surface area contributed by atoms with Gasteiger partial charge in [0.15, 0.2) is 11.5 Å². The van der Waals surface area contributed by atoms with E-state index in [1.165, 1.54) is 0 Å². The van der Waals surface area contributed by atoms with Crippen molar-refractivity contribution in [2.75, 3.05) is 36.0 Å². The highest BCUT2D eigenvalue weighted by Crippen LogP contribution is 2.39. The molecule has 2 amide bonds. The molecule has 2 aromatic carbocycles. The molecular weight excluding hydrogens is 618 g/mol. The third-order valence-electron chi connectivity index (χ3n) is 8.83. The molecule has 4 N–H and O–H groups in total. The topological polar surface area (TPSA) is 150 Å². The molecule has 47 heavy (non-hydrogen) atoms. The van der Waals surface area contributed by atoms with Crippen molar-refractivity contribution in [1.29, 1.82) is 0 Å². The Kier molecular flexibility index (Phi) is 9.14. The number of aliphatic hydroxyl groups excluding tert-OH is 1. The Balaban J connectivity index is 1.18. The Morgan fingerprint density at radius 1 is 1.02 bits per heavy atom. The van der Waals surface area contributed by atoms with Gasteiger partial charge in [-0.1, -0.05) is 45.0 Å². The van der Waals surface area contributed by atoms with Crippen LogP contribution in [0.1, 0.15) is 87.2 Å². The van der Waals surface area contributed by atoms with Crippen molar-refractivity contribution in [3.63, 3.8) is 0 Å². The highest BCUT2D eigenvalue weighted by atomic mass is 32.2. The summed E-state index contributed by atoms with van der Waals surface area (Å²) in [6.45, 7) is 7.71. The fourth-order valence-corrected chi connectivity index (χ4v) is 7.16. The first-order valence-corrected chi connectivity index (χ1v) is 17.9. The molecule has 250 valence electrons. The molecule has 0 saturated carbocycles. The third-order valence-corrected chi connectivity index (χ3v) is 9.44. The van der Waals surface area contributed by atoms with E-state index in [1.807, 2.05) is 73.8 Å². The summed E-state index contributed by atoms with van der Waals surface area (Å²) in [5, 5.41) is 24.4. The van der Waals surface area contributed by atoms with Crippen LogP contribution in [-0.2, 0) is 15.4 Å². The lowest BCUT2D eigenvalue weighted by Crippen LogP contribution is -2.35. The van der Waals surface area contributed by atoms with Gasteiger partial charge in [-0.25, -0.2) is 13.2 Å². The molecule has 2 aromatic heterocycles. The molecule has 6 rings (SSSR count). The number of aromatic nitrogens is 3. The summed E-state index contributed by atoms with van der Waals surface area (Å²) < 4.78 is 35.0. The molecule has 4 aromatic rings. The number of anilines is 2. The molecule has 3 atom stereocenters. The number of carbonyl (C=O) groups excluding carboxylic acids is 1. The van der Waals surface area contributed by atoms with Crippen molar-refractivity contribution in [2.45, 2.75) is 70.1 Å². The lowest BCUT2D eigenvalue weighted by molar-refractivity contribution is 0.171. The van der Waals surface area contributed by atoms with Crippen LogP contribution in [0.5, 0.6) is 5.75 Å². The fourth-order valence-electron chi connectivity index (χ4n) is 6.62. The average molecular weight is 662 g/mol. The van der Waals surface area contributed by atoms with Gasteiger partial charge in [0.1, 0.15) is 11.9 Å². The van der Waals surface area contributed by atoms with Crippen LogP contribution in [0.2, 0.25) is 0 Å². The number of hydrogen-bond donors (Lipinski definition) is 4. The first-order valence-electron chi connectivity index (χ1n) is 16.0. The van der Waals surface area contributed by atoms with Crippen molar-refractivity contribution >= 4 is 33.1 Å². The van der Waals surface area contributed by atoms with Crippen LogP contribution in [0.4, 0.5) is 16.2 Å². The van der Waals surface area contributed by atoms with Gasteiger partial charge < -0.3 is 20.5 Å². The minimum atomic E-state index is -3.50. The fraction of sp³-hybridized carbons (Fsp3) is 0.441. The molecular formula is C34H43N7O5S. The predicted octanol–water partition coefficient (Wildman–Crippen LogP) is 5.30. The Labute approximate surface area is 275 Å². The molecule has 1 aliphatic heterocycles. The second-order valence-electron chi connectivity index (χ2n) is 13.5. The smallest absolute Gasteiger partial charge is 0.319 e. The Bertz CT molecular complexity index is 1870. The van der Waals surface area contributed by atoms with Gasteiger partial charge in [0, 0.05) is 12.2 Å². The van der Waals surface area contributed by atoms with Crippen LogP contribution in [0, 0.1) is 0 Å². The number of nitrogens with one attached hydrogen (secondary N) is 3. The number of carbonyl (C=O) groups is 1. The third kappa shape index (κ3) is 7.53. The van der Waals surface area contributed by atoms with Gasteiger partial charge in [-0.05, 0) is 84.7 Å². The van der Waals surface area contributed by atoms with Crippen LogP contribution >= 0.6 is 0 Å². The van der Waals surface area contributed by atoms with Crippen LogP contribution in [0.25, 0.3) is 5.65 Å². The summed E-state index contributed by atoms with van der Waals surface area (Å²) in [6.07, 6.45) is 6.19. The quantitative estimate of drug-likeness (QED) is 0.189. The second kappa shape index (κ2) is 13.1. The van der Waals surface area contributed by atoms with Gasteiger partial charge in [-0.15, -0.1) is 10.2 Å². The number of likely N-dealkylation sites (tertiary alicyclic amines) is 1. The zero-order valence-electron chi connectivity index (χ0n) is 27.2. The Hall–Kier alpha value is -4.20. The van der Waals surface area contributed by atoms with E-state index in [0.717, 1.165) is 53.8 Å². The molecule has 0 spiro atoms. The van der Waals surface area contributed by atoms with Crippen LogP contribution in [0.15, 0.2) is 60.8 Å². The number of pyridine rings is 1. The first kappa shape index (κ1) is 32.7. The van der Waals surface area contributed by atoms with Crippen molar-refractivity contribution < 1.29 is 23.1 Å². The molecule has 3 heterocycles. The summed E-state index contributed by atoms with van der Waals surface area (Å²) in [7, 11) is -3.50. The SMILES string of the molecule is CC(C)(C)c1cc(NC(=O)N[C@H]2CC[C@@H](Oc3ccc4nnc([C@@H]5CCCN5CCO)n4c3)c3ccccc32)cc(NS(C)(=O)=O)c1. The molecule has 12 nitrogen and oxygen atoms in total. The maximum absolute atomic E-state index is 13.3. The Morgan fingerprint density at radius 2 is 1.79 bits per heavy atom. The number of rotatable bonds is 9. The predicted molar refractivity (Wildman–Crippen MR) is 181 cm³/mol. The highest BCUT2D eigenvalue weighted by Gasteiger charge is 2.31. The van der Waals surface area contributed by atoms with Crippen LogP contribution in [0.3, 0.4) is 0 Å². The van der Waals surface area contributed by atoms with E-state index in [0.29, 0.717) is 36.5 Å². The molecule has 0 unspecified atom stereocenters. The summed E-state index contributed by atoms with van der Waals surface area (Å²) in [6, 6.07) is 16.5. The molecule has 13 heteroatoms. The van der Waals surface area contributed by atoms with E-state index >= 15 is 0 Å². The average Bonchev–Trinajstić information content (AvgIpc) is 3.63. The van der Waals surface area contributed by atoms with E-state index in [1.54, 1.807) is 12.1 Å². The van der Waals surface area contributed by atoms with Gasteiger partial charge in [0.2, 0.25) is 10.0 Å². The number of benzene rings is 2. The van der Waals surface area contributed by atoms with Crippen molar-refractivity contribution in [3.05, 3.63) is 83.3 Å². The van der Waals surface area contributed by atoms with Gasteiger partial charge in [0.05, 0.1) is 36.8 Å². The van der Waals surface area contributed by atoms with Gasteiger partial charge in [-0.2, -0.15) is 0 Å². The molecule has 1 aliphatic carbocycles. The number of β-amino-alcohol motifs (C(OH)–C–C–N with tert-alkyl or cyclic N) is 1. The monoisotopic (exact) mass is 661 g/mol. The standard InChI is InChI=1S/C34H43N7O5S/c1-34(2,3)22-18-23(20-24(19-22)39-47(4,44)45)35-33(43)36-28-12-13-30(27-9-6-5-8-26(27)28)46-25-11-14-31-37-38-32(41(31)21-25)29-10-7-15-40(29)16-17-42/h5-6,8-9,11,14,18-21,28-30,39,42H,7,10,12-13,15-17H2,1-4H3,(H2,35,36,43)/t28-,29-,30+/m0/s1. The maximum Gasteiger partial charge on any atom is 0.319 e. The minimum Gasteiger partial charge on any atom is -0.484 e. The lowest BCUT2D eigenvalue weighted by atomic mass is 9.85. The molecule has 0 bridgehead atoms. The van der Waals surface area contributed by atoms with Crippen LogP contribution < -0.4 is 20.1 Å². The number of fused-ring (bicyclic) bond motifs is 2. The molecule has 0 radical (unpaired) electrons. The first-order chi connectivity index (χ1) is 22.4. The van der Waals surface area contributed by atoms with E-state index in [-0.39, 0.29) is 36.2 Å². The van der Waals surface area contributed by atoms with Gasteiger partial charge in [0.25, 0.3) is 0 Å². The molecule has 1 saturated heterocycles. The van der Waals surface area contributed by atoms with Gasteiger partial charge >= 0.3 is 6.03 Å². The summed E-state index contributed by atoms with van der Waals surface area (Å²) in [4.78, 5) is 15.5. The number of aliphatic hydroxyl groups is 1. The zero-order valence-corrected chi connectivity index (χ0v) is 28.0. The second-order valence-corrected chi connectivity index (χ2v) is 15.2. The number of urea groups is 1. The van der Waals surface area contributed by atoms with E-state index in [2.05, 4.69) is 30.5 Å². The summed E-state index contributed by atoms with van der Waals surface area (Å²) in [5.41, 5.74) is 4.23. The number of sulfonamides is 1. The van der Waals surface area contributed by atoms with Crippen molar-refractivity contribution in [1.82, 2.24) is 24.8 Å². The lowest BCUT2D eigenvalue weighted by Gasteiger charge is -2.32. The Morgan fingerprint density at radius 3 is 2.53 bits per heavy atom. The largest absolute Gasteiger partial charge is 0.484 e. The van der Waals surface area contributed by atoms with Crippen LogP contribution in [-0.4, -0.2) is 65.0 Å². The zero-order chi connectivity index (χ0) is 33.3. The molecule has 1 fully saturated rings. The van der Waals surface area contributed by atoms with E-state index < -0.39 is 10.0 Å².